The molecular formula is C24H25N3O5S2. The third-order valence-electron chi connectivity index (χ3n) is 5.59. The molecule has 3 aromatic rings. The molecule has 0 bridgehead atoms. The smallest absolute Gasteiger partial charge is 0.238 e. The number of primary sulfonamides is 2. The minimum absolute atomic E-state index is 0.0597. The van der Waals surface area contributed by atoms with Crippen LogP contribution in [-0.2, 0) is 26.6 Å². The molecular weight excluding hydrogens is 474 g/mol. The third kappa shape index (κ3) is 5.06. The van der Waals surface area contributed by atoms with Crippen molar-refractivity contribution in [2.24, 2.45) is 10.3 Å². The quantitative estimate of drug-likeness (QED) is 0.427. The van der Waals surface area contributed by atoms with Crippen molar-refractivity contribution in [2.75, 3.05) is 6.61 Å². The number of hydrogen-bond donors (Lipinski definition) is 3. The zero-order valence-electron chi connectivity index (χ0n) is 18.4. The van der Waals surface area contributed by atoms with Gasteiger partial charge >= 0.3 is 0 Å². The lowest BCUT2D eigenvalue weighted by Crippen LogP contribution is -2.17. The van der Waals surface area contributed by atoms with Crippen LogP contribution in [0, 0.1) is 0 Å². The highest BCUT2D eigenvalue weighted by molar-refractivity contribution is 7.89. The molecule has 0 spiro atoms. The molecule has 1 aliphatic rings. The molecule has 0 saturated carbocycles. The van der Waals surface area contributed by atoms with Crippen LogP contribution in [0.4, 0.5) is 0 Å². The summed E-state index contributed by atoms with van der Waals surface area (Å²) in [6.45, 7) is 2.83. The van der Waals surface area contributed by atoms with Gasteiger partial charge in [-0.3, -0.25) is 0 Å². The van der Waals surface area contributed by atoms with Crippen LogP contribution in [0.15, 0.2) is 70.5 Å². The maximum Gasteiger partial charge on any atom is 0.238 e. The summed E-state index contributed by atoms with van der Waals surface area (Å²) in [5.74, 6) is 0.364. The summed E-state index contributed by atoms with van der Waals surface area (Å²) in [6, 6.07) is 17.3. The first-order valence-electron chi connectivity index (χ1n) is 10.5. The van der Waals surface area contributed by atoms with E-state index in [2.05, 4.69) is 5.32 Å². The van der Waals surface area contributed by atoms with Gasteiger partial charge in [0.15, 0.2) is 0 Å². The Labute approximate surface area is 199 Å². The Hall–Kier alpha value is -3.02. The Balaban J connectivity index is 1.75. The van der Waals surface area contributed by atoms with Crippen LogP contribution in [0.3, 0.4) is 0 Å². The Morgan fingerprint density at radius 2 is 1.53 bits per heavy atom. The van der Waals surface area contributed by atoms with Crippen molar-refractivity contribution >= 4 is 32.2 Å². The first kappa shape index (κ1) is 24.1. The van der Waals surface area contributed by atoms with Crippen LogP contribution in [0.25, 0.3) is 12.2 Å². The number of benzene rings is 3. The van der Waals surface area contributed by atoms with Gasteiger partial charge in [0.05, 0.1) is 22.4 Å². The SMILES string of the molecule is CCOc1ccc(C=Cc2ccc(C3NCc4ccccc43)cc2S(N)(=O)=O)c(S(N)(=O)=O)c1. The van der Waals surface area contributed by atoms with Crippen molar-refractivity contribution in [1.82, 2.24) is 5.32 Å². The topological polar surface area (TPSA) is 142 Å². The summed E-state index contributed by atoms with van der Waals surface area (Å²) in [4.78, 5) is -0.189. The summed E-state index contributed by atoms with van der Waals surface area (Å²) < 4.78 is 54.4. The van der Waals surface area contributed by atoms with Gasteiger partial charge in [0, 0.05) is 12.6 Å². The molecule has 10 heteroatoms. The zero-order chi connectivity index (χ0) is 24.5. The van der Waals surface area contributed by atoms with E-state index in [4.69, 9.17) is 15.0 Å². The van der Waals surface area contributed by atoms with Gasteiger partial charge in [-0.05, 0) is 52.9 Å². The minimum atomic E-state index is -4.06. The molecule has 1 heterocycles. The van der Waals surface area contributed by atoms with Crippen LogP contribution in [-0.4, -0.2) is 23.4 Å². The van der Waals surface area contributed by atoms with E-state index >= 15 is 0 Å². The van der Waals surface area contributed by atoms with Crippen LogP contribution >= 0.6 is 0 Å². The second-order valence-electron chi connectivity index (χ2n) is 7.87. The highest BCUT2D eigenvalue weighted by Crippen LogP contribution is 2.33. The van der Waals surface area contributed by atoms with E-state index in [0.717, 1.165) is 16.7 Å². The van der Waals surface area contributed by atoms with Gasteiger partial charge in [0.2, 0.25) is 20.0 Å². The summed E-state index contributed by atoms with van der Waals surface area (Å²) in [7, 11) is -8.11. The summed E-state index contributed by atoms with van der Waals surface area (Å²) in [5, 5.41) is 14.3. The van der Waals surface area contributed by atoms with E-state index in [9.17, 15) is 16.8 Å². The molecule has 0 aliphatic carbocycles. The molecule has 0 saturated heterocycles. The molecule has 1 atom stereocenters. The maximum atomic E-state index is 12.4. The lowest BCUT2D eigenvalue weighted by molar-refractivity contribution is 0.339. The Morgan fingerprint density at radius 1 is 0.912 bits per heavy atom. The average molecular weight is 500 g/mol. The van der Waals surface area contributed by atoms with Crippen LogP contribution in [0.2, 0.25) is 0 Å². The lowest BCUT2D eigenvalue weighted by atomic mass is 9.97. The molecule has 4 rings (SSSR count). The van der Waals surface area contributed by atoms with Crippen molar-refractivity contribution in [3.05, 3.63) is 88.5 Å². The normalized spacial score (nSPS) is 16.0. The summed E-state index contributed by atoms with van der Waals surface area (Å²) in [6.07, 6.45) is 2.99. The number of fused-ring (bicyclic) bond motifs is 1. The van der Waals surface area contributed by atoms with Gasteiger partial charge in [-0.25, -0.2) is 27.1 Å². The van der Waals surface area contributed by atoms with Gasteiger partial charge in [0.1, 0.15) is 5.75 Å². The van der Waals surface area contributed by atoms with Crippen molar-refractivity contribution < 1.29 is 21.6 Å². The molecule has 3 aromatic carbocycles. The Bertz CT molecular complexity index is 1480. The standard InChI is InChI=1S/C24H25N3O5S2/c1-2-32-20-12-11-17(23(14-20)34(26,30)31)8-7-16-9-10-18(13-22(16)33(25,28)29)24-21-6-4-3-5-19(21)15-27-24/h3-14,24,27H,2,15H2,1H3,(H2,25,28,29)(H2,26,30,31). The number of rotatable bonds is 7. The first-order valence-corrected chi connectivity index (χ1v) is 13.6. The highest BCUT2D eigenvalue weighted by Gasteiger charge is 2.25. The predicted molar refractivity (Wildman–Crippen MR) is 131 cm³/mol. The molecule has 34 heavy (non-hydrogen) atoms. The molecule has 5 N–H and O–H groups in total. The van der Waals surface area contributed by atoms with Gasteiger partial charge < -0.3 is 10.1 Å². The lowest BCUT2D eigenvalue weighted by Gasteiger charge is -2.15. The van der Waals surface area contributed by atoms with E-state index in [1.807, 2.05) is 30.3 Å². The summed E-state index contributed by atoms with van der Waals surface area (Å²) >= 11 is 0. The number of sulfonamides is 2. The van der Waals surface area contributed by atoms with E-state index < -0.39 is 20.0 Å². The zero-order valence-corrected chi connectivity index (χ0v) is 20.1. The fraction of sp³-hybridized carbons (Fsp3) is 0.167. The van der Waals surface area contributed by atoms with E-state index in [-0.39, 0.29) is 15.8 Å². The van der Waals surface area contributed by atoms with Gasteiger partial charge in [0.25, 0.3) is 0 Å². The number of hydrogen-bond acceptors (Lipinski definition) is 6. The van der Waals surface area contributed by atoms with Crippen LogP contribution in [0.5, 0.6) is 5.75 Å². The number of ether oxygens (including phenoxy) is 1. The van der Waals surface area contributed by atoms with Crippen molar-refractivity contribution in [1.29, 1.82) is 0 Å². The van der Waals surface area contributed by atoms with Crippen molar-refractivity contribution in [3.63, 3.8) is 0 Å². The largest absolute Gasteiger partial charge is 0.494 e. The molecule has 0 radical (unpaired) electrons. The average Bonchev–Trinajstić information content (AvgIpc) is 3.21. The monoisotopic (exact) mass is 499 g/mol. The second-order valence-corrected chi connectivity index (χ2v) is 10.9. The Morgan fingerprint density at radius 3 is 2.18 bits per heavy atom. The molecule has 0 amide bonds. The van der Waals surface area contributed by atoms with Crippen LogP contribution in [0.1, 0.15) is 40.8 Å². The summed E-state index contributed by atoms with van der Waals surface area (Å²) in [5.41, 5.74) is 3.61. The van der Waals surface area contributed by atoms with E-state index in [0.29, 0.717) is 30.0 Å². The molecule has 178 valence electrons. The fourth-order valence-corrected chi connectivity index (χ4v) is 5.56. The Kier molecular flexibility index (Phi) is 6.61. The fourth-order valence-electron chi connectivity index (χ4n) is 4.05. The molecule has 1 aliphatic heterocycles. The minimum Gasteiger partial charge on any atom is -0.494 e. The van der Waals surface area contributed by atoms with Gasteiger partial charge in [-0.15, -0.1) is 0 Å². The number of nitrogens with one attached hydrogen (secondary N) is 1. The van der Waals surface area contributed by atoms with Crippen molar-refractivity contribution in [2.45, 2.75) is 29.3 Å². The van der Waals surface area contributed by atoms with E-state index in [1.54, 1.807) is 31.2 Å². The van der Waals surface area contributed by atoms with E-state index in [1.165, 1.54) is 18.2 Å². The van der Waals surface area contributed by atoms with Crippen LogP contribution < -0.4 is 20.3 Å². The van der Waals surface area contributed by atoms with Gasteiger partial charge in [-0.2, -0.15) is 0 Å². The van der Waals surface area contributed by atoms with Gasteiger partial charge in [-0.1, -0.05) is 48.6 Å². The highest BCUT2D eigenvalue weighted by atomic mass is 32.2. The molecule has 0 fully saturated rings. The predicted octanol–water partition coefficient (Wildman–Crippen LogP) is 2.74. The maximum absolute atomic E-state index is 12.4. The van der Waals surface area contributed by atoms with Crippen molar-refractivity contribution in [3.8, 4) is 5.75 Å². The first-order chi connectivity index (χ1) is 16.1. The molecule has 8 nitrogen and oxygen atoms in total. The molecule has 0 aromatic heterocycles. The second kappa shape index (κ2) is 9.32. The number of nitrogens with two attached hydrogens (primary N) is 2. The third-order valence-corrected chi connectivity index (χ3v) is 7.52. The molecule has 1 unspecified atom stereocenters.